The smallest absolute Gasteiger partial charge is 0.317 e. The van der Waals surface area contributed by atoms with Gasteiger partial charge in [-0.2, -0.15) is 0 Å². The molecule has 0 aliphatic carbocycles. The maximum Gasteiger partial charge on any atom is 0.317 e. The minimum absolute atomic E-state index is 0.301. The number of aryl methyl sites for hydroxylation is 1. The van der Waals surface area contributed by atoms with Crippen molar-refractivity contribution in [2.24, 2.45) is 0 Å². The molecule has 3 nitrogen and oxygen atoms in total. The van der Waals surface area contributed by atoms with E-state index in [1.807, 2.05) is 13.0 Å². The van der Waals surface area contributed by atoms with E-state index < -0.39 is 5.41 Å². The van der Waals surface area contributed by atoms with E-state index in [-0.39, 0.29) is 11.8 Å². The number of nitrogens with zero attached hydrogens (tertiary/aromatic N) is 1. The van der Waals surface area contributed by atoms with Gasteiger partial charge in [0.15, 0.2) is 0 Å². The fourth-order valence-corrected chi connectivity index (χ4v) is 2.91. The Morgan fingerprint density at radius 1 is 1.43 bits per heavy atom. The molecule has 0 fully saturated rings. The van der Waals surface area contributed by atoms with Crippen molar-refractivity contribution in [1.82, 2.24) is 4.98 Å². The van der Waals surface area contributed by atoms with Crippen LogP contribution < -0.4 is 0 Å². The predicted molar refractivity (Wildman–Crippen MR) is 81.9 cm³/mol. The van der Waals surface area contributed by atoms with E-state index in [0.29, 0.717) is 22.9 Å². The molecule has 2 aromatic rings. The Morgan fingerprint density at radius 3 is 2.76 bits per heavy atom. The summed E-state index contributed by atoms with van der Waals surface area (Å²) in [7, 11) is 0. The first-order chi connectivity index (χ1) is 9.86. The summed E-state index contributed by atoms with van der Waals surface area (Å²) in [5.41, 5.74) is 1.07. The molecule has 0 bridgehead atoms. The topological polar surface area (TPSA) is 39.2 Å². The lowest BCUT2D eigenvalue weighted by Gasteiger charge is -2.19. The van der Waals surface area contributed by atoms with Crippen LogP contribution in [0.25, 0.3) is 10.6 Å². The van der Waals surface area contributed by atoms with Gasteiger partial charge in [-0.05, 0) is 45.4 Å². The van der Waals surface area contributed by atoms with Gasteiger partial charge in [0.1, 0.15) is 16.2 Å². The van der Waals surface area contributed by atoms with Gasteiger partial charge >= 0.3 is 5.97 Å². The molecule has 0 aliphatic rings. The average Bonchev–Trinajstić information content (AvgIpc) is 2.89. The van der Waals surface area contributed by atoms with Crippen LogP contribution >= 0.6 is 11.3 Å². The van der Waals surface area contributed by atoms with Crippen molar-refractivity contribution in [1.29, 1.82) is 0 Å². The Labute approximate surface area is 127 Å². The Kier molecular flexibility index (Phi) is 4.42. The van der Waals surface area contributed by atoms with Crippen LogP contribution in [-0.4, -0.2) is 17.6 Å². The number of rotatable bonds is 4. The molecular weight excluding hydrogens is 289 g/mol. The first kappa shape index (κ1) is 15.6. The molecule has 2 rings (SSSR count). The standard InChI is InChI=1S/C16H18FNO2S/c1-5-20-15(19)16(3,4)13-9-21-14(18-13)11-7-6-10(2)8-12(11)17/h6-9H,5H2,1-4H3. The lowest BCUT2D eigenvalue weighted by atomic mass is 9.90. The number of aromatic nitrogens is 1. The molecule has 5 heteroatoms. The molecule has 0 spiro atoms. The highest BCUT2D eigenvalue weighted by atomic mass is 32.1. The summed E-state index contributed by atoms with van der Waals surface area (Å²) in [4.78, 5) is 16.4. The zero-order valence-electron chi connectivity index (χ0n) is 12.6. The van der Waals surface area contributed by atoms with E-state index in [0.717, 1.165) is 5.56 Å². The van der Waals surface area contributed by atoms with Crippen LogP contribution in [0.4, 0.5) is 4.39 Å². The summed E-state index contributed by atoms with van der Waals surface area (Å²) in [5.74, 6) is -0.629. The van der Waals surface area contributed by atoms with E-state index in [4.69, 9.17) is 4.74 Å². The Balaban J connectivity index is 2.35. The van der Waals surface area contributed by atoms with Crippen molar-refractivity contribution in [2.45, 2.75) is 33.1 Å². The molecule has 21 heavy (non-hydrogen) atoms. The molecule has 0 atom stereocenters. The van der Waals surface area contributed by atoms with Gasteiger partial charge in [-0.15, -0.1) is 11.3 Å². The molecule has 0 radical (unpaired) electrons. The number of carbonyl (C=O) groups excluding carboxylic acids is 1. The first-order valence-corrected chi connectivity index (χ1v) is 7.64. The van der Waals surface area contributed by atoms with Gasteiger partial charge < -0.3 is 4.74 Å². The van der Waals surface area contributed by atoms with Crippen molar-refractivity contribution in [2.75, 3.05) is 6.61 Å². The quantitative estimate of drug-likeness (QED) is 0.798. The largest absolute Gasteiger partial charge is 0.465 e. The summed E-state index contributed by atoms with van der Waals surface area (Å²) < 4.78 is 19.1. The number of hydrogen-bond donors (Lipinski definition) is 0. The normalized spacial score (nSPS) is 11.5. The monoisotopic (exact) mass is 307 g/mol. The second-order valence-corrected chi connectivity index (χ2v) is 6.22. The molecule has 0 amide bonds. The second-order valence-electron chi connectivity index (χ2n) is 5.37. The number of thiazole rings is 1. The Morgan fingerprint density at radius 2 is 2.14 bits per heavy atom. The van der Waals surface area contributed by atoms with E-state index in [1.54, 1.807) is 32.2 Å². The van der Waals surface area contributed by atoms with Gasteiger partial charge in [-0.25, -0.2) is 9.37 Å². The molecule has 0 saturated heterocycles. The molecule has 0 aliphatic heterocycles. The highest BCUT2D eigenvalue weighted by Gasteiger charge is 2.34. The van der Waals surface area contributed by atoms with Crippen molar-refractivity contribution >= 4 is 17.3 Å². The van der Waals surface area contributed by atoms with E-state index in [9.17, 15) is 9.18 Å². The number of benzene rings is 1. The summed E-state index contributed by atoms with van der Waals surface area (Å²) in [5, 5.41) is 2.35. The molecule has 0 unspecified atom stereocenters. The Bertz CT molecular complexity index is 664. The lowest BCUT2D eigenvalue weighted by molar-refractivity contribution is -0.148. The third-order valence-electron chi connectivity index (χ3n) is 3.29. The second kappa shape index (κ2) is 5.93. The molecule has 1 heterocycles. The molecular formula is C16H18FNO2S. The van der Waals surface area contributed by atoms with Crippen LogP contribution in [0.1, 0.15) is 32.0 Å². The number of ether oxygens (including phenoxy) is 1. The van der Waals surface area contributed by atoms with Gasteiger partial charge in [0.05, 0.1) is 12.3 Å². The number of carbonyl (C=O) groups is 1. The molecule has 1 aromatic heterocycles. The van der Waals surface area contributed by atoms with Gasteiger partial charge in [0.25, 0.3) is 0 Å². The highest BCUT2D eigenvalue weighted by molar-refractivity contribution is 7.13. The first-order valence-electron chi connectivity index (χ1n) is 6.76. The number of halogens is 1. The highest BCUT2D eigenvalue weighted by Crippen LogP contribution is 2.32. The van der Waals surface area contributed by atoms with Gasteiger partial charge in [-0.3, -0.25) is 4.79 Å². The number of esters is 1. The van der Waals surface area contributed by atoms with Gasteiger partial charge in [0, 0.05) is 10.9 Å². The van der Waals surface area contributed by atoms with Crippen molar-refractivity contribution in [3.63, 3.8) is 0 Å². The fraction of sp³-hybridized carbons (Fsp3) is 0.375. The third-order valence-corrected chi connectivity index (χ3v) is 4.16. The van der Waals surface area contributed by atoms with Crippen LogP contribution in [0.3, 0.4) is 0 Å². The predicted octanol–water partition coefficient (Wildman–Crippen LogP) is 4.10. The fourth-order valence-electron chi connectivity index (χ4n) is 1.89. The SMILES string of the molecule is CCOC(=O)C(C)(C)c1csc(-c2ccc(C)cc2F)n1. The van der Waals surface area contributed by atoms with Crippen LogP contribution in [0, 0.1) is 12.7 Å². The summed E-state index contributed by atoms with van der Waals surface area (Å²) >= 11 is 1.33. The van der Waals surface area contributed by atoms with Crippen LogP contribution in [0.5, 0.6) is 0 Å². The Hall–Kier alpha value is -1.75. The van der Waals surface area contributed by atoms with E-state index >= 15 is 0 Å². The number of hydrogen-bond acceptors (Lipinski definition) is 4. The molecule has 0 N–H and O–H groups in total. The zero-order chi connectivity index (χ0) is 15.6. The van der Waals surface area contributed by atoms with E-state index in [2.05, 4.69) is 4.98 Å². The molecule has 1 aromatic carbocycles. The molecule has 112 valence electrons. The maximum atomic E-state index is 14.0. The third kappa shape index (κ3) is 3.13. The van der Waals surface area contributed by atoms with Crippen molar-refractivity contribution in [3.8, 4) is 10.6 Å². The summed E-state index contributed by atoms with van der Waals surface area (Å²) in [6.45, 7) is 7.45. The van der Waals surface area contributed by atoms with Crippen molar-refractivity contribution in [3.05, 3.63) is 40.7 Å². The van der Waals surface area contributed by atoms with Crippen LogP contribution in [0.2, 0.25) is 0 Å². The minimum atomic E-state index is -0.841. The van der Waals surface area contributed by atoms with Gasteiger partial charge in [0.2, 0.25) is 0 Å². The molecule has 0 saturated carbocycles. The minimum Gasteiger partial charge on any atom is -0.465 e. The average molecular weight is 307 g/mol. The maximum absolute atomic E-state index is 14.0. The van der Waals surface area contributed by atoms with Crippen molar-refractivity contribution < 1.29 is 13.9 Å². The zero-order valence-corrected chi connectivity index (χ0v) is 13.4. The van der Waals surface area contributed by atoms with Crippen LogP contribution in [-0.2, 0) is 14.9 Å². The lowest BCUT2D eigenvalue weighted by Crippen LogP contribution is -2.31. The van der Waals surface area contributed by atoms with Gasteiger partial charge in [-0.1, -0.05) is 6.07 Å². The summed E-state index contributed by atoms with van der Waals surface area (Å²) in [6, 6.07) is 5.04. The summed E-state index contributed by atoms with van der Waals surface area (Å²) in [6.07, 6.45) is 0. The van der Waals surface area contributed by atoms with Crippen LogP contribution in [0.15, 0.2) is 23.6 Å². The van der Waals surface area contributed by atoms with E-state index in [1.165, 1.54) is 17.4 Å².